The van der Waals surface area contributed by atoms with Gasteiger partial charge in [-0.15, -0.1) is 0 Å². The third-order valence-corrected chi connectivity index (χ3v) is 3.37. The summed E-state index contributed by atoms with van der Waals surface area (Å²) in [6.45, 7) is 3.90. The Morgan fingerprint density at radius 2 is 1.43 bits per heavy atom. The second-order valence-corrected chi connectivity index (χ2v) is 4.37. The van der Waals surface area contributed by atoms with Gasteiger partial charge in [0.05, 0.1) is 0 Å². The van der Waals surface area contributed by atoms with Crippen molar-refractivity contribution in [2.75, 3.05) is 0 Å². The van der Waals surface area contributed by atoms with Gasteiger partial charge in [-0.25, -0.2) is 0 Å². The van der Waals surface area contributed by atoms with Gasteiger partial charge in [0, 0.05) is 4.11 Å². The molecule has 0 heteroatoms. The minimum Gasteiger partial charge on any atom is -0.0654 e. The Kier molecular flexibility index (Phi) is 5.49. The van der Waals surface area contributed by atoms with Gasteiger partial charge >= 0.3 is 0 Å². The van der Waals surface area contributed by atoms with E-state index in [2.05, 4.69) is 6.92 Å². The first-order valence-electron chi connectivity index (χ1n) is 8.24. The Bertz CT molecular complexity index is 150. The first-order chi connectivity index (χ1) is 8.24. The van der Waals surface area contributed by atoms with E-state index in [0.717, 1.165) is 32.1 Å². The molecule has 0 aliphatic heterocycles. The molecule has 0 N–H and O–H groups in total. The van der Waals surface area contributed by atoms with Crippen LogP contribution in [0, 0.1) is 5.41 Å². The first kappa shape index (κ1) is 9.24. The predicted molar refractivity (Wildman–Crippen MR) is 66.7 cm³/mol. The van der Waals surface area contributed by atoms with Crippen molar-refractivity contribution in [3.05, 3.63) is 0 Å². The lowest BCUT2D eigenvalue weighted by Crippen LogP contribution is -2.19. The van der Waals surface area contributed by atoms with Gasteiger partial charge in [0.2, 0.25) is 0 Å². The zero-order valence-electron chi connectivity index (χ0n) is 13.0. The van der Waals surface area contributed by atoms with E-state index in [-0.39, 0.29) is 0 Å². The average Bonchev–Trinajstić information content (AvgIpc) is 2.36. The van der Waals surface area contributed by atoms with Crippen molar-refractivity contribution in [2.45, 2.75) is 85.4 Å². The van der Waals surface area contributed by atoms with E-state index in [1.54, 1.807) is 0 Å². The zero-order valence-corrected chi connectivity index (χ0v) is 9.99. The third-order valence-electron chi connectivity index (χ3n) is 3.37. The number of rotatable bonds is 9. The van der Waals surface area contributed by atoms with Gasteiger partial charge in [-0.1, -0.05) is 66.1 Å². The first-order valence-corrected chi connectivity index (χ1v) is 6.12. The molecule has 86 valence electrons. The lowest BCUT2D eigenvalue weighted by molar-refractivity contribution is 0.194. The van der Waals surface area contributed by atoms with Crippen LogP contribution in [0.1, 0.15) is 89.5 Å². The summed E-state index contributed by atoms with van der Waals surface area (Å²) in [4.78, 5) is 0. The molecular formula is C14H30. The zero-order chi connectivity index (χ0) is 13.0. The van der Waals surface area contributed by atoms with E-state index in [0.29, 0.717) is 26.1 Å². The highest BCUT2D eigenvalue weighted by molar-refractivity contribution is 4.77. The van der Waals surface area contributed by atoms with Crippen molar-refractivity contribution < 1.29 is 4.11 Å². The quantitative estimate of drug-likeness (QED) is 0.428. The van der Waals surface area contributed by atoms with Crippen LogP contribution >= 0.6 is 0 Å². The van der Waals surface area contributed by atoms with Crippen molar-refractivity contribution in [1.29, 1.82) is 0 Å². The summed E-state index contributed by atoms with van der Waals surface area (Å²) in [5.41, 5.74) is 0.408. The molecule has 0 fully saturated rings. The van der Waals surface area contributed by atoms with Crippen LogP contribution in [0.3, 0.4) is 0 Å². The summed E-state index contributed by atoms with van der Waals surface area (Å²) in [6.07, 6.45) is 10.2. The van der Waals surface area contributed by atoms with E-state index < -0.39 is 0 Å². The van der Waals surface area contributed by atoms with Crippen molar-refractivity contribution in [3.63, 3.8) is 0 Å². The minimum absolute atomic E-state index is 0.408. The fraction of sp³-hybridized carbons (Fsp3) is 1.00. The molecule has 0 aromatic heterocycles. The third kappa shape index (κ3) is 5.02. The second-order valence-electron chi connectivity index (χ2n) is 4.37. The summed E-state index contributed by atoms with van der Waals surface area (Å²) in [6, 6.07) is 0. The molecule has 0 nitrogen and oxygen atoms in total. The van der Waals surface area contributed by atoms with Crippen LogP contribution in [0.2, 0.25) is 0 Å². The maximum absolute atomic E-state index is 7.32. The summed E-state index contributed by atoms with van der Waals surface area (Å²) in [5.74, 6) is 0. The SMILES string of the molecule is [2H]CCCCC(CC)(CCC[2H])CCCC[2H]. The lowest BCUT2D eigenvalue weighted by Gasteiger charge is -2.33. The molecule has 0 unspecified atom stereocenters. The number of unbranched alkanes of at least 4 members (excludes halogenated alkanes) is 2. The Hall–Kier alpha value is 0. The fourth-order valence-electron chi connectivity index (χ4n) is 2.28. The van der Waals surface area contributed by atoms with E-state index in [4.69, 9.17) is 4.11 Å². The highest BCUT2D eigenvalue weighted by atomic mass is 14.3. The van der Waals surface area contributed by atoms with E-state index in [9.17, 15) is 0 Å². The van der Waals surface area contributed by atoms with Crippen LogP contribution in [-0.2, 0) is 0 Å². The lowest BCUT2D eigenvalue weighted by atomic mass is 9.73. The predicted octanol–water partition coefficient (Wildman–Crippen LogP) is 5.56. The maximum atomic E-state index is 7.32. The van der Waals surface area contributed by atoms with E-state index in [1.165, 1.54) is 25.7 Å². The topological polar surface area (TPSA) is 0 Å². The van der Waals surface area contributed by atoms with Gasteiger partial charge in [-0.2, -0.15) is 0 Å². The Balaban J connectivity index is 4.17. The van der Waals surface area contributed by atoms with E-state index in [1.807, 2.05) is 0 Å². The van der Waals surface area contributed by atoms with Gasteiger partial charge in [-0.05, 0) is 24.7 Å². The Morgan fingerprint density at radius 3 is 1.86 bits per heavy atom. The van der Waals surface area contributed by atoms with Gasteiger partial charge in [0.15, 0.2) is 0 Å². The van der Waals surface area contributed by atoms with Crippen molar-refractivity contribution in [1.82, 2.24) is 0 Å². The van der Waals surface area contributed by atoms with Crippen LogP contribution in [-0.4, -0.2) is 0 Å². The molecule has 0 saturated carbocycles. The molecule has 0 saturated heterocycles. The van der Waals surface area contributed by atoms with Crippen molar-refractivity contribution in [3.8, 4) is 0 Å². The molecular weight excluding hydrogens is 168 g/mol. The molecule has 0 atom stereocenters. The minimum atomic E-state index is 0.408. The molecule has 0 aliphatic rings. The number of hydrogen-bond donors (Lipinski definition) is 0. The monoisotopic (exact) mass is 201 g/mol. The van der Waals surface area contributed by atoms with Crippen LogP contribution in [0.4, 0.5) is 0 Å². The summed E-state index contributed by atoms with van der Waals surface area (Å²) >= 11 is 0. The summed E-state index contributed by atoms with van der Waals surface area (Å²) in [7, 11) is 0. The maximum Gasteiger partial charge on any atom is 0.0230 e. The molecule has 0 aromatic rings. The molecule has 0 aliphatic carbocycles. The average molecular weight is 201 g/mol. The highest BCUT2D eigenvalue weighted by Gasteiger charge is 2.25. The van der Waals surface area contributed by atoms with Crippen molar-refractivity contribution >= 4 is 0 Å². The van der Waals surface area contributed by atoms with Gasteiger partial charge in [-0.3, -0.25) is 0 Å². The van der Waals surface area contributed by atoms with Crippen LogP contribution in [0.25, 0.3) is 0 Å². The van der Waals surface area contributed by atoms with E-state index >= 15 is 0 Å². The largest absolute Gasteiger partial charge is 0.0654 e. The highest BCUT2D eigenvalue weighted by Crippen LogP contribution is 2.39. The Labute approximate surface area is 95.7 Å². The summed E-state index contributed by atoms with van der Waals surface area (Å²) in [5, 5.41) is 0. The molecule has 0 bridgehead atoms. The van der Waals surface area contributed by atoms with Gasteiger partial charge in [0.25, 0.3) is 0 Å². The Morgan fingerprint density at radius 1 is 0.857 bits per heavy atom. The van der Waals surface area contributed by atoms with Crippen LogP contribution in [0.5, 0.6) is 0 Å². The van der Waals surface area contributed by atoms with Crippen LogP contribution in [0.15, 0.2) is 0 Å². The molecule has 14 heavy (non-hydrogen) atoms. The van der Waals surface area contributed by atoms with Gasteiger partial charge in [0.1, 0.15) is 0 Å². The van der Waals surface area contributed by atoms with Gasteiger partial charge < -0.3 is 0 Å². The summed E-state index contributed by atoms with van der Waals surface area (Å²) < 4.78 is 21.8. The van der Waals surface area contributed by atoms with Crippen molar-refractivity contribution in [2.24, 2.45) is 5.41 Å². The van der Waals surface area contributed by atoms with Crippen LogP contribution < -0.4 is 0 Å². The number of hydrogen-bond acceptors (Lipinski definition) is 0. The molecule has 0 spiro atoms. The molecule has 0 heterocycles. The standard InChI is InChI=1S/C14H30/c1-5-9-12-14(8-4,11-7-3)13-10-6-2/h5-13H2,1-4H3/i1D,2D,3D. The smallest absolute Gasteiger partial charge is 0.0230 e. The molecule has 0 aromatic carbocycles. The molecule has 0 radical (unpaired) electrons. The normalized spacial score (nSPS) is 14.8. The molecule has 0 rings (SSSR count). The molecule has 0 amide bonds. The fourth-order valence-corrected chi connectivity index (χ4v) is 2.28. The second kappa shape index (κ2) is 8.32.